The zero-order valence-electron chi connectivity index (χ0n) is 15.3. The summed E-state index contributed by atoms with van der Waals surface area (Å²) in [4.78, 5) is 0. The van der Waals surface area contributed by atoms with Crippen molar-refractivity contribution in [3.8, 4) is 0 Å². The molecule has 0 aromatic heterocycles. The highest BCUT2D eigenvalue weighted by molar-refractivity contribution is 5.09. The van der Waals surface area contributed by atoms with Crippen LogP contribution in [-0.2, 0) is 0 Å². The first kappa shape index (κ1) is 16.4. The van der Waals surface area contributed by atoms with E-state index >= 15 is 0 Å². The molecule has 132 valence electrons. The summed E-state index contributed by atoms with van der Waals surface area (Å²) in [6, 6.07) is 0. The first-order chi connectivity index (χ1) is 10.9. The van der Waals surface area contributed by atoms with Gasteiger partial charge in [0.2, 0.25) is 0 Å². The summed E-state index contributed by atoms with van der Waals surface area (Å²) in [5, 5.41) is 20.5. The van der Waals surface area contributed by atoms with Crippen LogP contribution in [0.3, 0.4) is 0 Å². The van der Waals surface area contributed by atoms with Gasteiger partial charge in [-0.25, -0.2) is 0 Å². The monoisotopic (exact) mass is 320 g/mol. The maximum absolute atomic E-state index is 10.3. The lowest BCUT2D eigenvalue weighted by Crippen LogP contribution is -2.56. The number of aliphatic hydroxyl groups is 2. The van der Waals surface area contributed by atoms with Crippen molar-refractivity contribution in [2.75, 3.05) is 0 Å². The summed E-state index contributed by atoms with van der Waals surface area (Å²) >= 11 is 0. The Bertz CT molecular complexity index is 463. The van der Waals surface area contributed by atoms with E-state index in [4.69, 9.17) is 0 Å². The minimum atomic E-state index is -0.490. The third kappa shape index (κ3) is 2.20. The zero-order valence-corrected chi connectivity index (χ0v) is 15.3. The van der Waals surface area contributed by atoms with Gasteiger partial charge in [-0.1, -0.05) is 27.2 Å². The van der Waals surface area contributed by atoms with Gasteiger partial charge in [-0.2, -0.15) is 0 Å². The molecule has 0 radical (unpaired) electrons. The molecular weight excluding hydrogens is 284 g/mol. The molecule has 0 bridgehead atoms. The molecule has 4 rings (SSSR count). The van der Waals surface area contributed by atoms with Crippen molar-refractivity contribution < 1.29 is 10.2 Å². The van der Waals surface area contributed by atoms with E-state index in [1.807, 2.05) is 0 Å². The molecule has 2 nitrogen and oxygen atoms in total. The normalized spacial score (nSPS) is 59.1. The Morgan fingerprint density at radius 1 is 0.870 bits per heavy atom. The SMILES string of the molecule is CC[C@H]1CC[C@H]2[C@@H]3CC[C@@H]4C[C@H](O)[C@H](O)C[C@]4(C)[C@H]3CC[C@]12C. The van der Waals surface area contributed by atoms with Crippen LogP contribution in [0.5, 0.6) is 0 Å². The van der Waals surface area contributed by atoms with E-state index in [-0.39, 0.29) is 5.41 Å². The predicted molar refractivity (Wildman–Crippen MR) is 92.9 cm³/mol. The second-order valence-corrected chi connectivity index (χ2v) is 9.96. The van der Waals surface area contributed by atoms with Gasteiger partial charge < -0.3 is 10.2 Å². The molecule has 4 aliphatic carbocycles. The molecule has 4 saturated carbocycles. The maximum Gasteiger partial charge on any atom is 0.0804 e. The molecule has 0 amide bonds. The predicted octanol–water partition coefficient (Wildman–Crippen LogP) is 4.39. The fourth-order valence-electron chi connectivity index (χ4n) is 8.05. The molecule has 0 unspecified atom stereocenters. The molecule has 0 aromatic rings. The topological polar surface area (TPSA) is 40.5 Å². The molecule has 0 aliphatic heterocycles. The molecule has 2 N–H and O–H groups in total. The average Bonchev–Trinajstić information content (AvgIpc) is 2.85. The second kappa shape index (κ2) is 5.46. The van der Waals surface area contributed by atoms with E-state index in [9.17, 15) is 10.2 Å². The lowest BCUT2D eigenvalue weighted by atomic mass is 9.44. The van der Waals surface area contributed by atoms with Crippen LogP contribution in [0.4, 0.5) is 0 Å². The summed E-state index contributed by atoms with van der Waals surface area (Å²) in [5.74, 6) is 4.17. The minimum absolute atomic E-state index is 0.271. The highest BCUT2D eigenvalue weighted by Gasteiger charge is 2.60. The van der Waals surface area contributed by atoms with Gasteiger partial charge in [-0.15, -0.1) is 0 Å². The smallest absolute Gasteiger partial charge is 0.0804 e. The summed E-state index contributed by atoms with van der Waals surface area (Å²) < 4.78 is 0. The van der Waals surface area contributed by atoms with E-state index in [1.165, 1.54) is 44.9 Å². The lowest BCUT2D eigenvalue weighted by Gasteiger charge is -2.61. The Hall–Kier alpha value is -0.0800. The van der Waals surface area contributed by atoms with Crippen LogP contribution in [0.1, 0.15) is 78.6 Å². The Kier molecular flexibility index (Phi) is 3.89. The number of rotatable bonds is 1. The molecule has 23 heavy (non-hydrogen) atoms. The third-order valence-corrected chi connectivity index (χ3v) is 9.37. The Morgan fingerprint density at radius 2 is 1.61 bits per heavy atom. The van der Waals surface area contributed by atoms with Crippen LogP contribution in [0, 0.1) is 40.4 Å². The zero-order chi connectivity index (χ0) is 16.4. The van der Waals surface area contributed by atoms with Crippen LogP contribution in [0.2, 0.25) is 0 Å². The van der Waals surface area contributed by atoms with E-state index in [0.717, 1.165) is 36.5 Å². The summed E-state index contributed by atoms with van der Waals surface area (Å²) in [5.41, 5.74) is 0.860. The van der Waals surface area contributed by atoms with Gasteiger partial charge in [0, 0.05) is 0 Å². The standard InChI is InChI=1S/C21H36O2/c1-4-13-6-8-16-15-7-5-14-11-18(22)19(23)12-21(14,3)17(15)9-10-20(13,16)2/h13-19,22-23H,4-12H2,1-3H3/t13-,14+,15-,16-,17-,18-,19+,20+,21-/m0/s1. The van der Waals surface area contributed by atoms with Crippen LogP contribution >= 0.6 is 0 Å². The van der Waals surface area contributed by atoms with Gasteiger partial charge in [0.1, 0.15) is 0 Å². The van der Waals surface area contributed by atoms with Gasteiger partial charge in [0.15, 0.2) is 0 Å². The molecule has 4 aliphatic rings. The second-order valence-electron chi connectivity index (χ2n) is 9.96. The van der Waals surface area contributed by atoms with E-state index in [2.05, 4.69) is 20.8 Å². The highest BCUT2D eigenvalue weighted by atomic mass is 16.3. The van der Waals surface area contributed by atoms with Crippen LogP contribution in [0.15, 0.2) is 0 Å². The van der Waals surface area contributed by atoms with Crippen LogP contribution in [-0.4, -0.2) is 22.4 Å². The molecule has 0 spiro atoms. The first-order valence-electron chi connectivity index (χ1n) is 10.3. The van der Waals surface area contributed by atoms with Crippen LogP contribution in [0.25, 0.3) is 0 Å². The van der Waals surface area contributed by atoms with Gasteiger partial charge in [0.05, 0.1) is 12.2 Å². The summed E-state index contributed by atoms with van der Waals surface area (Å²) in [6.45, 7) is 7.45. The summed E-state index contributed by atoms with van der Waals surface area (Å²) in [7, 11) is 0. The van der Waals surface area contributed by atoms with E-state index in [0.29, 0.717) is 11.3 Å². The molecule has 9 atom stereocenters. The van der Waals surface area contributed by atoms with Crippen molar-refractivity contribution in [1.82, 2.24) is 0 Å². The molecule has 0 saturated heterocycles. The van der Waals surface area contributed by atoms with Gasteiger partial charge in [0.25, 0.3) is 0 Å². The fraction of sp³-hybridized carbons (Fsp3) is 1.00. The van der Waals surface area contributed by atoms with Crippen molar-refractivity contribution in [2.45, 2.75) is 90.8 Å². The molecule has 0 heterocycles. The minimum Gasteiger partial charge on any atom is -0.390 e. The Balaban J connectivity index is 1.62. The van der Waals surface area contributed by atoms with E-state index in [1.54, 1.807) is 0 Å². The number of hydrogen-bond donors (Lipinski definition) is 2. The highest BCUT2D eigenvalue weighted by Crippen LogP contribution is 2.67. The molecule has 0 aromatic carbocycles. The Labute approximate surface area is 142 Å². The third-order valence-electron chi connectivity index (χ3n) is 9.37. The quantitative estimate of drug-likeness (QED) is 0.752. The fourth-order valence-corrected chi connectivity index (χ4v) is 8.05. The van der Waals surface area contributed by atoms with Gasteiger partial charge in [-0.05, 0) is 91.8 Å². The van der Waals surface area contributed by atoms with E-state index < -0.39 is 12.2 Å². The van der Waals surface area contributed by atoms with Gasteiger partial charge in [-0.3, -0.25) is 0 Å². The number of aliphatic hydroxyl groups excluding tert-OH is 2. The van der Waals surface area contributed by atoms with Crippen molar-refractivity contribution in [3.05, 3.63) is 0 Å². The summed E-state index contributed by atoms with van der Waals surface area (Å²) in [6.07, 6.45) is 10.4. The lowest BCUT2D eigenvalue weighted by molar-refractivity contribution is -0.159. The Morgan fingerprint density at radius 3 is 2.35 bits per heavy atom. The van der Waals surface area contributed by atoms with Crippen molar-refractivity contribution in [3.63, 3.8) is 0 Å². The number of fused-ring (bicyclic) bond motifs is 5. The van der Waals surface area contributed by atoms with Crippen molar-refractivity contribution in [1.29, 1.82) is 0 Å². The van der Waals surface area contributed by atoms with Crippen molar-refractivity contribution in [2.24, 2.45) is 40.4 Å². The average molecular weight is 321 g/mol. The first-order valence-corrected chi connectivity index (χ1v) is 10.3. The number of hydrogen-bond acceptors (Lipinski definition) is 2. The molecule has 4 fully saturated rings. The van der Waals surface area contributed by atoms with Crippen molar-refractivity contribution >= 4 is 0 Å². The van der Waals surface area contributed by atoms with Crippen LogP contribution < -0.4 is 0 Å². The van der Waals surface area contributed by atoms with Gasteiger partial charge >= 0.3 is 0 Å². The largest absolute Gasteiger partial charge is 0.390 e. The molecule has 2 heteroatoms. The maximum atomic E-state index is 10.3. The molecular formula is C21H36O2.